The largest absolute Gasteiger partial charge is 0.313 e. The molecule has 0 aliphatic heterocycles. The van der Waals surface area contributed by atoms with E-state index < -0.39 is 0 Å². The molecule has 1 aromatic heterocycles. The Balaban J connectivity index is 1.93. The molecule has 1 aliphatic rings. The summed E-state index contributed by atoms with van der Waals surface area (Å²) < 4.78 is 1.89. The molecule has 1 aromatic rings. The first-order valence-corrected chi connectivity index (χ1v) is 6.37. The van der Waals surface area contributed by atoms with Crippen molar-refractivity contribution in [2.45, 2.75) is 45.1 Å². The van der Waals surface area contributed by atoms with E-state index in [1.54, 1.807) is 6.33 Å². The van der Waals surface area contributed by atoms with Gasteiger partial charge in [-0.05, 0) is 31.7 Å². The Morgan fingerprint density at radius 2 is 2.38 bits per heavy atom. The van der Waals surface area contributed by atoms with Crippen molar-refractivity contribution >= 4 is 0 Å². The Morgan fingerprint density at radius 3 is 2.88 bits per heavy atom. The van der Waals surface area contributed by atoms with Crippen LogP contribution in [0.15, 0.2) is 6.33 Å². The van der Waals surface area contributed by atoms with E-state index in [0.29, 0.717) is 6.04 Å². The standard InChI is InChI=1S/C12H22N4/c1-3-7-13-11(10-5-4-6-10)8-12-14-9-15-16(12)2/h9-11,13H,3-8H2,1-2H3. The SMILES string of the molecule is CCCNC(Cc1ncnn1C)C1CCC1. The molecule has 1 saturated carbocycles. The summed E-state index contributed by atoms with van der Waals surface area (Å²) in [6, 6.07) is 0.594. The van der Waals surface area contributed by atoms with Gasteiger partial charge in [-0.1, -0.05) is 13.3 Å². The Morgan fingerprint density at radius 1 is 1.56 bits per heavy atom. The number of aromatic nitrogens is 3. The van der Waals surface area contributed by atoms with E-state index in [1.807, 2.05) is 11.7 Å². The summed E-state index contributed by atoms with van der Waals surface area (Å²) in [5.41, 5.74) is 0. The maximum atomic E-state index is 4.32. The molecular weight excluding hydrogens is 200 g/mol. The summed E-state index contributed by atoms with van der Waals surface area (Å²) in [4.78, 5) is 4.32. The third-order valence-electron chi connectivity index (χ3n) is 3.58. The highest BCUT2D eigenvalue weighted by molar-refractivity contribution is 4.93. The molecule has 0 radical (unpaired) electrons. The predicted octanol–water partition coefficient (Wildman–Crippen LogP) is 1.53. The second-order valence-electron chi connectivity index (χ2n) is 4.76. The molecule has 90 valence electrons. The molecule has 16 heavy (non-hydrogen) atoms. The smallest absolute Gasteiger partial charge is 0.138 e. The minimum atomic E-state index is 0.594. The zero-order valence-corrected chi connectivity index (χ0v) is 10.3. The minimum absolute atomic E-state index is 0.594. The van der Waals surface area contributed by atoms with Gasteiger partial charge in [-0.3, -0.25) is 4.68 Å². The molecule has 0 bridgehead atoms. The van der Waals surface area contributed by atoms with Crippen molar-refractivity contribution in [1.82, 2.24) is 20.1 Å². The van der Waals surface area contributed by atoms with Crippen LogP contribution >= 0.6 is 0 Å². The third-order valence-corrected chi connectivity index (χ3v) is 3.58. The van der Waals surface area contributed by atoms with Crippen LogP contribution in [0, 0.1) is 5.92 Å². The molecule has 1 heterocycles. The van der Waals surface area contributed by atoms with E-state index in [-0.39, 0.29) is 0 Å². The van der Waals surface area contributed by atoms with E-state index in [2.05, 4.69) is 22.3 Å². The molecule has 4 heteroatoms. The van der Waals surface area contributed by atoms with Crippen LogP contribution in [-0.4, -0.2) is 27.4 Å². The highest BCUT2D eigenvalue weighted by Crippen LogP contribution is 2.30. The van der Waals surface area contributed by atoms with Crippen LogP contribution in [0.4, 0.5) is 0 Å². The van der Waals surface area contributed by atoms with Crippen LogP contribution in [0.2, 0.25) is 0 Å². The van der Waals surface area contributed by atoms with Gasteiger partial charge in [0.1, 0.15) is 12.2 Å². The molecule has 1 atom stereocenters. The maximum Gasteiger partial charge on any atom is 0.138 e. The van der Waals surface area contributed by atoms with Gasteiger partial charge < -0.3 is 5.32 Å². The van der Waals surface area contributed by atoms with Gasteiger partial charge in [0.05, 0.1) is 0 Å². The van der Waals surface area contributed by atoms with E-state index in [0.717, 1.165) is 24.7 Å². The van der Waals surface area contributed by atoms with E-state index in [1.165, 1.54) is 25.7 Å². The summed E-state index contributed by atoms with van der Waals surface area (Å²) in [5, 5.41) is 7.79. The van der Waals surface area contributed by atoms with Gasteiger partial charge in [-0.2, -0.15) is 5.10 Å². The van der Waals surface area contributed by atoms with Crippen molar-refractivity contribution in [3.8, 4) is 0 Å². The normalized spacial score (nSPS) is 18.4. The fraction of sp³-hybridized carbons (Fsp3) is 0.833. The summed E-state index contributed by atoms with van der Waals surface area (Å²) in [7, 11) is 1.97. The van der Waals surface area contributed by atoms with Crippen molar-refractivity contribution in [3.63, 3.8) is 0 Å². The van der Waals surface area contributed by atoms with Gasteiger partial charge in [0.15, 0.2) is 0 Å². The average Bonchev–Trinajstić information content (AvgIpc) is 2.58. The quantitative estimate of drug-likeness (QED) is 0.793. The highest BCUT2D eigenvalue weighted by Gasteiger charge is 2.27. The molecule has 2 rings (SSSR count). The van der Waals surface area contributed by atoms with Gasteiger partial charge in [0.25, 0.3) is 0 Å². The maximum absolute atomic E-state index is 4.32. The number of rotatable bonds is 6. The van der Waals surface area contributed by atoms with Crippen LogP contribution < -0.4 is 5.32 Å². The number of nitrogens with zero attached hydrogens (tertiary/aromatic N) is 3. The Labute approximate surface area is 97.5 Å². The van der Waals surface area contributed by atoms with Crippen LogP contribution in [0.1, 0.15) is 38.4 Å². The van der Waals surface area contributed by atoms with Crippen molar-refractivity contribution in [2.24, 2.45) is 13.0 Å². The molecule has 1 N–H and O–H groups in total. The van der Waals surface area contributed by atoms with Gasteiger partial charge in [-0.15, -0.1) is 0 Å². The second kappa shape index (κ2) is 5.43. The van der Waals surface area contributed by atoms with Crippen molar-refractivity contribution in [1.29, 1.82) is 0 Å². The predicted molar refractivity (Wildman–Crippen MR) is 64.1 cm³/mol. The molecule has 4 nitrogen and oxygen atoms in total. The topological polar surface area (TPSA) is 42.7 Å². The van der Waals surface area contributed by atoms with Crippen LogP contribution in [0.3, 0.4) is 0 Å². The summed E-state index contributed by atoms with van der Waals surface area (Å²) in [6.07, 6.45) is 8.00. The highest BCUT2D eigenvalue weighted by atomic mass is 15.3. The Hall–Kier alpha value is -0.900. The molecule has 1 unspecified atom stereocenters. The van der Waals surface area contributed by atoms with Gasteiger partial charge in [-0.25, -0.2) is 4.98 Å². The second-order valence-corrected chi connectivity index (χ2v) is 4.76. The van der Waals surface area contributed by atoms with Crippen LogP contribution in [0.25, 0.3) is 0 Å². The number of nitrogens with one attached hydrogen (secondary N) is 1. The van der Waals surface area contributed by atoms with Gasteiger partial charge in [0, 0.05) is 19.5 Å². The Kier molecular flexibility index (Phi) is 3.93. The lowest BCUT2D eigenvalue weighted by molar-refractivity contribution is 0.224. The zero-order chi connectivity index (χ0) is 11.4. The zero-order valence-electron chi connectivity index (χ0n) is 10.3. The lowest BCUT2D eigenvalue weighted by atomic mass is 9.78. The average molecular weight is 222 g/mol. The molecule has 1 fully saturated rings. The fourth-order valence-electron chi connectivity index (χ4n) is 2.28. The number of hydrogen-bond donors (Lipinski definition) is 1. The summed E-state index contributed by atoms with van der Waals surface area (Å²) >= 11 is 0. The van der Waals surface area contributed by atoms with Crippen LogP contribution in [0.5, 0.6) is 0 Å². The minimum Gasteiger partial charge on any atom is -0.313 e. The molecule has 0 amide bonds. The van der Waals surface area contributed by atoms with Gasteiger partial charge in [0.2, 0.25) is 0 Å². The van der Waals surface area contributed by atoms with Crippen LogP contribution in [-0.2, 0) is 13.5 Å². The lowest BCUT2D eigenvalue weighted by Crippen LogP contribution is -2.42. The molecule has 0 saturated heterocycles. The summed E-state index contributed by atoms with van der Waals surface area (Å²) in [6.45, 7) is 3.33. The van der Waals surface area contributed by atoms with Crippen molar-refractivity contribution < 1.29 is 0 Å². The first-order chi connectivity index (χ1) is 7.81. The molecule has 1 aliphatic carbocycles. The summed E-state index contributed by atoms with van der Waals surface area (Å²) in [5.74, 6) is 1.95. The fourth-order valence-corrected chi connectivity index (χ4v) is 2.28. The monoisotopic (exact) mass is 222 g/mol. The Bertz CT molecular complexity index is 317. The first-order valence-electron chi connectivity index (χ1n) is 6.37. The van der Waals surface area contributed by atoms with E-state index in [9.17, 15) is 0 Å². The number of aryl methyl sites for hydroxylation is 1. The van der Waals surface area contributed by atoms with Crippen molar-refractivity contribution in [3.05, 3.63) is 12.2 Å². The third kappa shape index (κ3) is 2.61. The van der Waals surface area contributed by atoms with E-state index in [4.69, 9.17) is 0 Å². The van der Waals surface area contributed by atoms with E-state index >= 15 is 0 Å². The van der Waals surface area contributed by atoms with Gasteiger partial charge >= 0.3 is 0 Å². The molecule has 0 aromatic carbocycles. The molecule has 0 spiro atoms. The number of hydrogen-bond acceptors (Lipinski definition) is 3. The lowest BCUT2D eigenvalue weighted by Gasteiger charge is -2.34. The molecular formula is C12H22N4. The first kappa shape index (κ1) is 11.6. The van der Waals surface area contributed by atoms with Crippen molar-refractivity contribution in [2.75, 3.05) is 6.54 Å².